The van der Waals surface area contributed by atoms with Gasteiger partial charge in [0.25, 0.3) is 0 Å². The molecule has 1 aliphatic heterocycles. The van der Waals surface area contributed by atoms with Crippen LogP contribution in [-0.4, -0.2) is 46.6 Å². The lowest BCUT2D eigenvalue weighted by Crippen LogP contribution is -2.35. The van der Waals surface area contributed by atoms with Crippen LogP contribution in [0.3, 0.4) is 0 Å². The topological polar surface area (TPSA) is 101 Å². The summed E-state index contributed by atoms with van der Waals surface area (Å²) in [5.74, 6) is 3.60. The molecule has 3 aromatic heterocycles. The minimum absolute atomic E-state index is 0.530. The van der Waals surface area contributed by atoms with E-state index in [2.05, 4.69) is 41.8 Å². The van der Waals surface area contributed by atoms with Gasteiger partial charge in [-0.25, -0.2) is 14.3 Å². The van der Waals surface area contributed by atoms with Crippen LogP contribution < -0.4 is 0 Å². The van der Waals surface area contributed by atoms with Gasteiger partial charge in [-0.3, -0.25) is 9.67 Å². The summed E-state index contributed by atoms with van der Waals surface area (Å²) in [5, 5.41) is 15.1. The molecule has 1 N–H and O–H groups in total. The average Bonchev–Trinajstić information content (AvgIpc) is 3.44. The fraction of sp³-hybridized carbons (Fsp3) is 0.211. The van der Waals surface area contributed by atoms with E-state index in [-0.39, 0.29) is 0 Å². The zero-order valence-electron chi connectivity index (χ0n) is 15.9. The minimum atomic E-state index is 0.530. The van der Waals surface area contributed by atoms with E-state index < -0.39 is 0 Å². The fourth-order valence-electron chi connectivity index (χ4n) is 3.10. The van der Waals surface area contributed by atoms with Gasteiger partial charge < -0.3 is 4.42 Å². The molecule has 0 unspecified atom stereocenters. The molecule has 9 nitrogen and oxygen atoms in total. The monoisotopic (exact) mass is 406 g/mol. The maximum absolute atomic E-state index is 5.49. The third-order valence-electron chi connectivity index (χ3n) is 4.43. The summed E-state index contributed by atoms with van der Waals surface area (Å²) in [5.41, 5.74) is 1.88. The first-order chi connectivity index (χ1) is 14.1. The number of aryl methyl sites for hydroxylation is 2. The van der Waals surface area contributed by atoms with Gasteiger partial charge in [0.05, 0.1) is 13.1 Å². The molecule has 1 aliphatic rings. The number of H-pyrrole nitrogens is 1. The second-order valence-electron chi connectivity index (χ2n) is 6.69. The molecule has 0 saturated carbocycles. The van der Waals surface area contributed by atoms with Crippen molar-refractivity contribution < 1.29 is 4.42 Å². The van der Waals surface area contributed by atoms with Crippen molar-refractivity contribution in [3.63, 3.8) is 0 Å². The third-order valence-corrected chi connectivity index (χ3v) is 5.43. The number of aromatic amines is 1. The number of nitrogens with one attached hydrogen (secondary N) is 1. The SMILES string of the molecule is Cc1cc(N=C2CN(Sc3ccc(-c4nnc(C)o4)cc3)Cc3nccn32)n[nH]1. The van der Waals surface area contributed by atoms with Gasteiger partial charge in [0.2, 0.25) is 11.8 Å². The summed E-state index contributed by atoms with van der Waals surface area (Å²) in [4.78, 5) is 10.3. The lowest BCUT2D eigenvalue weighted by molar-refractivity contribution is 0.479. The highest BCUT2D eigenvalue weighted by Crippen LogP contribution is 2.29. The Balaban J connectivity index is 1.36. The summed E-state index contributed by atoms with van der Waals surface area (Å²) in [7, 11) is 0. The number of nitrogens with zero attached hydrogens (tertiary/aromatic N) is 7. The summed E-state index contributed by atoms with van der Waals surface area (Å²) >= 11 is 1.66. The molecule has 0 amide bonds. The van der Waals surface area contributed by atoms with Gasteiger partial charge in [0, 0.05) is 41.5 Å². The van der Waals surface area contributed by atoms with Crippen molar-refractivity contribution >= 4 is 23.6 Å². The molecular formula is C19H18N8OS. The van der Waals surface area contributed by atoms with Gasteiger partial charge in [0.1, 0.15) is 11.7 Å². The predicted molar refractivity (Wildman–Crippen MR) is 109 cm³/mol. The number of imidazole rings is 1. The van der Waals surface area contributed by atoms with Crippen molar-refractivity contribution in [1.29, 1.82) is 0 Å². The van der Waals surface area contributed by atoms with E-state index in [0.29, 0.717) is 24.1 Å². The van der Waals surface area contributed by atoms with E-state index in [9.17, 15) is 0 Å². The summed E-state index contributed by atoms with van der Waals surface area (Å²) < 4.78 is 9.75. The quantitative estimate of drug-likeness (QED) is 0.519. The molecule has 0 radical (unpaired) electrons. The first-order valence-electron chi connectivity index (χ1n) is 9.10. The van der Waals surface area contributed by atoms with Gasteiger partial charge >= 0.3 is 0 Å². The average molecular weight is 406 g/mol. The number of hydrogen-bond acceptors (Lipinski definition) is 8. The van der Waals surface area contributed by atoms with Crippen molar-refractivity contribution in [2.45, 2.75) is 25.3 Å². The Labute approximate surface area is 171 Å². The van der Waals surface area contributed by atoms with Crippen LogP contribution >= 0.6 is 11.9 Å². The predicted octanol–water partition coefficient (Wildman–Crippen LogP) is 3.37. The summed E-state index contributed by atoms with van der Waals surface area (Å²) in [6.45, 7) is 5.14. The molecule has 29 heavy (non-hydrogen) atoms. The molecular weight excluding hydrogens is 388 g/mol. The second-order valence-corrected chi connectivity index (χ2v) is 7.86. The maximum atomic E-state index is 5.49. The first kappa shape index (κ1) is 17.8. The third kappa shape index (κ3) is 3.71. The molecule has 4 aromatic rings. The van der Waals surface area contributed by atoms with Crippen LogP contribution in [0.5, 0.6) is 0 Å². The fourth-order valence-corrected chi connectivity index (χ4v) is 4.02. The number of aromatic nitrogens is 6. The van der Waals surface area contributed by atoms with Crippen LogP contribution in [0.25, 0.3) is 11.5 Å². The van der Waals surface area contributed by atoms with E-state index in [1.807, 2.05) is 35.9 Å². The lowest BCUT2D eigenvalue weighted by Gasteiger charge is -2.27. The number of hydrogen-bond donors (Lipinski definition) is 1. The molecule has 0 aliphatic carbocycles. The van der Waals surface area contributed by atoms with Crippen molar-refractivity contribution in [3.8, 4) is 11.5 Å². The van der Waals surface area contributed by atoms with Crippen LogP contribution in [0.4, 0.5) is 5.82 Å². The molecule has 10 heteroatoms. The van der Waals surface area contributed by atoms with Gasteiger partial charge in [0.15, 0.2) is 5.82 Å². The highest BCUT2D eigenvalue weighted by molar-refractivity contribution is 7.97. The van der Waals surface area contributed by atoms with Crippen LogP contribution in [-0.2, 0) is 6.54 Å². The van der Waals surface area contributed by atoms with Crippen molar-refractivity contribution in [1.82, 2.24) is 34.3 Å². The Bertz CT molecular complexity index is 1170. The first-order valence-corrected chi connectivity index (χ1v) is 9.87. The van der Waals surface area contributed by atoms with E-state index in [0.717, 1.165) is 34.4 Å². The van der Waals surface area contributed by atoms with Crippen molar-refractivity contribution in [3.05, 3.63) is 60.1 Å². The molecule has 0 atom stereocenters. The summed E-state index contributed by atoms with van der Waals surface area (Å²) in [6.07, 6.45) is 3.74. The lowest BCUT2D eigenvalue weighted by atomic mass is 10.2. The normalized spacial score (nSPS) is 15.7. The Kier molecular flexibility index (Phi) is 4.49. The Morgan fingerprint density at radius 1 is 1.14 bits per heavy atom. The molecule has 0 spiro atoms. The molecule has 146 valence electrons. The molecule has 0 saturated heterocycles. The van der Waals surface area contributed by atoms with E-state index in [4.69, 9.17) is 9.41 Å². The molecule has 0 bridgehead atoms. The van der Waals surface area contributed by atoms with Gasteiger partial charge in [-0.15, -0.1) is 10.2 Å². The van der Waals surface area contributed by atoms with Crippen LogP contribution in [0, 0.1) is 13.8 Å². The second kappa shape index (κ2) is 7.30. The van der Waals surface area contributed by atoms with Crippen molar-refractivity contribution in [2.75, 3.05) is 6.54 Å². The van der Waals surface area contributed by atoms with Gasteiger partial charge in [-0.1, -0.05) is 0 Å². The van der Waals surface area contributed by atoms with E-state index in [1.54, 1.807) is 25.1 Å². The number of benzene rings is 1. The van der Waals surface area contributed by atoms with Crippen LogP contribution in [0.1, 0.15) is 17.4 Å². The van der Waals surface area contributed by atoms with Crippen LogP contribution in [0.15, 0.2) is 57.0 Å². The van der Waals surface area contributed by atoms with Crippen LogP contribution in [0.2, 0.25) is 0 Å². The molecule has 4 heterocycles. The zero-order valence-corrected chi connectivity index (χ0v) is 16.7. The minimum Gasteiger partial charge on any atom is -0.421 e. The van der Waals surface area contributed by atoms with Crippen molar-refractivity contribution in [2.24, 2.45) is 4.99 Å². The number of aliphatic imine (C=N–C) groups is 1. The Hall–Kier alpha value is -3.24. The summed E-state index contributed by atoms with van der Waals surface area (Å²) in [6, 6.07) is 10.0. The standard InChI is InChI=1S/C19H18N8OS/c1-12-9-16(24-22-12)21-18-11-26(10-17-20-7-8-27(17)18)29-15-5-3-14(4-6-15)19-25-23-13(2)28-19/h3-9H,10-11H2,1-2H3,(H,22,24). The molecule has 0 fully saturated rings. The van der Waals surface area contributed by atoms with E-state index in [1.165, 1.54) is 0 Å². The Morgan fingerprint density at radius 3 is 2.72 bits per heavy atom. The maximum Gasteiger partial charge on any atom is 0.247 e. The highest BCUT2D eigenvalue weighted by atomic mass is 32.2. The number of fused-ring (bicyclic) bond motifs is 1. The van der Waals surface area contributed by atoms with Gasteiger partial charge in [-0.05, 0) is 43.1 Å². The van der Waals surface area contributed by atoms with Gasteiger partial charge in [-0.2, -0.15) is 5.10 Å². The Morgan fingerprint density at radius 2 is 2.00 bits per heavy atom. The van der Waals surface area contributed by atoms with E-state index >= 15 is 0 Å². The molecule has 1 aromatic carbocycles. The number of rotatable bonds is 4. The zero-order chi connectivity index (χ0) is 19.8. The largest absolute Gasteiger partial charge is 0.421 e. The molecule has 5 rings (SSSR count). The smallest absolute Gasteiger partial charge is 0.247 e. The highest BCUT2D eigenvalue weighted by Gasteiger charge is 2.23.